The molecule has 2 aliphatic rings. The van der Waals surface area contributed by atoms with E-state index in [1.54, 1.807) is 17.0 Å². The third-order valence-electron chi connectivity index (χ3n) is 4.28. The average Bonchev–Trinajstić information content (AvgIpc) is 2.98. The van der Waals surface area contributed by atoms with Gasteiger partial charge in [-0.05, 0) is 60.1 Å². The van der Waals surface area contributed by atoms with Crippen molar-refractivity contribution < 1.29 is 19.8 Å². The van der Waals surface area contributed by atoms with Crippen molar-refractivity contribution in [3.8, 4) is 5.75 Å². The molecule has 106 valence electrons. The van der Waals surface area contributed by atoms with Crippen molar-refractivity contribution in [1.29, 1.82) is 0 Å². The summed E-state index contributed by atoms with van der Waals surface area (Å²) in [5.41, 5.74) is 0.422. The number of phenols is 1. The van der Waals surface area contributed by atoms with Crippen LogP contribution in [-0.4, -0.2) is 39.1 Å². The van der Waals surface area contributed by atoms with Gasteiger partial charge in [0.15, 0.2) is 0 Å². The standard InChI is InChI=1S/C14H14INO4/c15-10-3-1-7(5-12(10)17)13(18)16-8-2-4-11(16)9(6-8)14(19)20/h1,3,5,8-9,11,17H,2,4,6H2,(H,19,20). The molecule has 0 aromatic heterocycles. The average molecular weight is 387 g/mol. The molecule has 2 fully saturated rings. The molecule has 2 aliphatic heterocycles. The number of carbonyl (C=O) groups excluding carboxylic acids is 1. The van der Waals surface area contributed by atoms with Gasteiger partial charge >= 0.3 is 5.97 Å². The Labute approximate surface area is 129 Å². The van der Waals surface area contributed by atoms with Gasteiger partial charge in [0.2, 0.25) is 0 Å². The Bertz CT molecular complexity index is 589. The van der Waals surface area contributed by atoms with E-state index in [0.717, 1.165) is 12.8 Å². The number of aliphatic carboxylic acids is 1. The molecule has 2 N–H and O–H groups in total. The highest BCUT2D eigenvalue weighted by Crippen LogP contribution is 2.42. The maximum atomic E-state index is 12.6. The van der Waals surface area contributed by atoms with Gasteiger partial charge < -0.3 is 15.1 Å². The minimum atomic E-state index is -0.819. The number of carbonyl (C=O) groups is 2. The van der Waals surface area contributed by atoms with Gasteiger partial charge in [-0.25, -0.2) is 0 Å². The molecule has 2 saturated heterocycles. The Morgan fingerprint density at radius 3 is 2.65 bits per heavy atom. The Hall–Kier alpha value is -1.31. The number of phenolic OH excluding ortho intramolecular Hbond substituents is 1. The number of aromatic hydroxyl groups is 1. The Morgan fingerprint density at radius 2 is 2.05 bits per heavy atom. The third-order valence-corrected chi connectivity index (χ3v) is 5.19. The lowest BCUT2D eigenvalue weighted by Crippen LogP contribution is -2.37. The number of hydrogen-bond donors (Lipinski definition) is 2. The van der Waals surface area contributed by atoms with Crippen molar-refractivity contribution in [3.63, 3.8) is 0 Å². The van der Waals surface area contributed by atoms with Crippen molar-refractivity contribution in [2.24, 2.45) is 5.92 Å². The summed E-state index contributed by atoms with van der Waals surface area (Å²) in [5, 5.41) is 18.9. The summed E-state index contributed by atoms with van der Waals surface area (Å²) < 4.78 is 0.687. The molecule has 3 rings (SSSR count). The van der Waals surface area contributed by atoms with Crippen molar-refractivity contribution in [2.45, 2.75) is 31.3 Å². The van der Waals surface area contributed by atoms with E-state index in [0.29, 0.717) is 15.6 Å². The van der Waals surface area contributed by atoms with Crippen LogP contribution in [0.4, 0.5) is 0 Å². The highest BCUT2D eigenvalue weighted by Gasteiger charge is 2.51. The molecule has 3 atom stereocenters. The molecule has 2 bridgehead atoms. The van der Waals surface area contributed by atoms with Crippen LogP contribution in [0.25, 0.3) is 0 Å². The number of rotatable bonds is 2. The van der Waals surface area contributed by atoms with Crippen LogP contribution in [0.15, 0.2) is 18.2 Å². The third kappa shape index (κ3) is 2.06. The van der Waals surface area contributed by atoms with E-state index in [-0.39, 0.29) is 23.7 Å². The van der Waals surface area contributed by atoms with Crippen LogP contribution in [0.5, 0.6) is 5.75 Å². The van der Waals surface area contributed by atoms with Gasteiger partial charge in [0.05, 0.1) is 9.49 Å². The molecule has 6 heteroatoms. The van der Waals surface area contributed by atoms with E-state index in [1.165, 1.54) is 6.07 Å². The second-order valence-corrected chi connectivity index (χ2v) is 6.52. The fraction of sp³-hybridized carbons (Fsp3) is 0.429. The molecule has 20 heavy (non-hydrogen) atoms. The molecule has 1 amide bonds. The summed E-state index contributed by atoms with van der Waals surface area (Å²) in [6.45, 7) is 0. The van der Waals surface area contributed by atoms with Crippen LogP contribution in [0.3, 0.4) is 0 Å². The molecule has 1 aromatic rings. The normalized spacial score (nSPS) is 27.9. The van der Waals surface area contributed by atoms with Crippen molar-refractivity contribution in [3.05, 3.63) is 27.3 Å². The number of carboxylic acids is 1. The number of fused-ring (bicyclic) bond motifs is 2. The van der Waals surface area contributed by atoms with E-state index < -0.39 is 11.9 Å². The number of benzene rings is 1. The zero-order valence-corrected chi connectivity index (χ0v) is 12.8. The van der Waals surface area contributed by atoms with E-state index in [4.69, 9.17) is 0 Å². The van der Waals surface area contributed by atoms with Gasteiger partial charge in [-0.15, -0.1) is 0 Å². The second-order valence-electron chi connectivity index (χ2n) is 5.36. The van der Waals surface area contributed by atoms with Crippen LogP contribution >= 0.6 is 22.6 Å². The maximum Gasteiger partial charge on any atom is 0.308 e. The molecule has 2 heterocycles. The van der Waals surface area contributed by atoms with E-state index in [1.807, 2.05) is 22.6 Å². The Balaban J connectivity index is 1.88. The molecule has 0 spiro atoms. The van der Waals surface area contributed by atoms with Crippen molar-refractivity contribution in [2.75, 3.05) is 0 Å². The first kappa shape index (κ1) is 13.7. The smallest absolute Gasteiger partial charge is 0.308 e. The lowest BCUT2D eigenvalue weighted by molar-refractivity contribution is -0.142. The topological polar surface area (TPSA) is 77.8 Å². The quantitative estimate of drug-likeness (QED) is 0.762. The van der Waals surface area contributed by atoms with Gasteiger partial charge in [-0.1, -0.05) is 0 Å². The van der Waals surface area contributed by atoms with Gasteiger partial charge in [0.1, 0.15) is 5.75 Å². The van der Waals surface area contributed by atoms with Crippen LogP contribution in [0, 0.1) is 9.49 Å². The zero-order valence-electron chi connectivity index (χ0n) is 10.6. The van der Waals surface area contributed by atoms with Gasteiger partial charge in [-0.2, -0.15) is 0 Å². The Kier molecular flexibility index (Phi) is 3.35. The van der Waals surface area contributed by atoms with Crippen LogP contribution in [0.2, 0.25) is 0 Å². The summed E-state index contributed by atoms with van der Waals surface area (Å²) in [6.07, 6.45) is 2.17. The number of halogens is 1. The lowest BCUT2D eigenvalue weighted by Gasteiger charge is -2.23. The highest BCUT2D eigenvalue weighted by atomic mass is 127. The molecular formula is C14H14INO4. The first-order chi connectivity index (χ1) is 9.49. The lowest BCUT2D eigenvalue weighted by atomic mass is 9.89. The minimum Gasteiger partial charge on any atom is -0.507 e. The molecule has 0 aliphatic carbocycles. The summed E-state index contributed by atoms with van der Waals surface area (Å²) >= 11 is 1.99. The highest BCUT2D eigenvalue weighted by molar-refractivity contribution is 14.1. The fourth-order valence-electron chi connectivity index (χ4n) is 3.37. The van der Waals surface area contributed by atoms with Gasteiger partial charge in [0, 0.05) is 17.6 Å². The molecule has 0 saturated carbocycles. The van der Waals surface area contributed by atoms with E-state index >= 15 is 0 Å². The zero-order chi connectivity index (χ0) is 14.4. The largest absolute Gasteiger partial charge is 0.507 e. The number of carboxylic acid groups (broad SMARTS) is 1. The monoisotopic (exact) mass is 387 g/mol. The predicted molar refractivity (Wildman–Crippen MR) is 79.5 cm³/mol. The number of amides is 1. The molecule has 1 aromatic carbocycles. The first-order valence-electron chi connectivity index (χ1n) is 6.53. The van der Waals surface area contributed by atoms with Crippen LogP contribution in [-0.2, 0) is 4.79 Å². The summed E-state index contributed by atoms with van der Waals surface area (Å²) in [7, 11) is 0. The van der Waals surface area contributed by atoms with E-state index in [9.17, 15) is 19.8 Å². The predicted octanol–water partition coefficient (Wildman–Crippen LogP) is 2.07. The summed E-state index contributed by atoms with van der Waals surface area (Å²) in [5.74, 6) is -1.36. The van der Waals surface area contributed by atoms with Gasteiger partial charge in [0.25, 0.3) is 5.91 Å². The maximum absolute atomic E-state index is 12.6. The number of nitrogens with zero attached hydrogens (tertiary/aromatic N) is 1. The summed E-state index contributed by atoms with van der Waals surface area (Å²) in [4.78, 5) is 25.5. The first-order valence-corrected chi connectivity index (χ1v) is 7.61. The van der Waals surface area contributed by atoms with Crippen LogP contribution in [0.1, 0.15) is 29.6 Å². The Morgan fingerprint density at radius 1 is 1.30 bits per heavy atom. The SMILES string of the molecule is O=C(O)C1CC2CCC1N2C(=O)c1ccc(I)c(O)c1. The molecule has 5 nitrogen and oxygen atoms in total. The summed E-state index contributed by atoms with van der Waals surface area (Å²) in [6, 6.07) is 4.64. The minimum absolute atomic E-state index is 0.0232. The fourth-order valence-corrected chi connectivity index (χ4v) is 3.70. The molecule has 3 unspecified atom stereocenters. The molecular weight excluding hydrogens is 373 g/mol. The van der Waals surface area contributed by atoms with Crippen molar-refractivity contribution >= 4 is 34.5 Å². The van der Waals surface area contributed by atoms with Gasteiger partial charge in [-0.3, -0.25) is 9.59 Å². The van der Waals surface area contributed by atoms with E-state index in [2.05, 4.69) is 0 Å². The molecule has 0 radical (unpaired) electrons. The second kappa shape index (κ2) is 4.91. The van der Waals surface area contributed by atoms with Crippen molar-refractivity contribution in [1.82, 2.24) is 4.90 Å². The van der Waals surface area contributed by atoms with Crippen LogP contribution < -0.4 is 0 Å². The number of hydrogen-bond acceptors (Lipinski definition) is 3.